The van der Waals surface area contributed by atoms with Gasteiger partial charge in [-0.2, -0.15) is 24.3 Å². The summed E-state index contributed by atoms with van der Waals surface area (Å²) < 4.78 is 0. The average Bonchev–Trinajstić information content (AvgIpc) is 2.26. The van der Waals surface area contributed by atoms with Gasteiger partial charge in [0.15, 0.2) is 0 Å². The molecule has 0 aliphatic rings. The Hall–Kier alpha value is -0.574. The van der Waals surface area contributed by atoms with E-state index in [1.807, 2.05) is 12.1 Å². The van der Waals surface area contributed by atoms with Crippen LogP contribution < -0.4 is 17.0 Å². The van der Waals surface area contributed by atoms with Gasteiger partial charge in [-0.25, -0.2) is 0 Å². The van der Waals surface area contributed by atoms with E-state index < -0.39 is 0 Å². The van der Waals surface area contributed by atoms with Crippen LogP contribution in [0.1, 0.15) is 0 Å². The third kappa shape index (κ3) is 2.39. The Morgan fingerprint density at radius 2 is 1.31 bits per heavy atom. The molecule has 0 aliphatic heterocycles. The van der Waals surface area contributed by atoms with Crippen LogP contribution in [-0.4, -0.2) is 23.1 Å². The molecule has 0 atom stereocenters. The fraction of sp³-hybridized carbons (Fsp3) is 0. The summed E-state index contributed by atoms with van der Waals surface area (Å²) in [6.45, 7) is 0. The van der Waals surface area contributed by atoms with Gasteiger partial charge >= 0.3 is 23.1 Å². The molecule has 0 nitrogen and oxygen atoms in total. The predicted molar refractivity (Wildman–Crippen MR) is 66.0 cm³/mol. The Labute approximate surface area is 122 Å². The van der Waals surface area contributed by atoms with Crippen molar-refractivity contribution in [3.8, 4) is 0 Å². The van der Waals surface area contributed by atoms with Crippen LogP contribution >= 0.6 is 0 Å². The molecule has 0 N–H and O–H groups in total. The van der Waals surface area contributed by atoms with Gasteiger partial charge in [-0.1, -0.05) is 30.3 Å². The van der Waals surface area contributed by atoms with Crippen molar-refractivity contribution >= 4 is 44.6 Å². The van der Waals surface area contributed by atoms with Crippen LogP contribution in [0.25, 0.3) is 21.5 Å². The standard InChI is InChI=1S/C14H9.BrH.Mg/c1-2-6-12-10-14-8-4-3-7-13(14)9-11(12)5-1;;/h1-3,5-10H;1H;/q-1;;+2/p-1. The van der Waals surface area contributed by atoms with Crippen molar-refractivity contribution in [1.82, 2.24) is 0 Å². The molecular weight excluding hydrogens is 272 g/mol. The molecule has 3 aromatic rings. The van der Waals surface area contributed by atoms with Crippen molar-refractivity contribution in [2.75, 3.05) is 0 Å². The number of benzene rings is 3. The molecule has 0 aliphatic carbocycles. The topological polar surface area (TPSA) is 0 Å². The van der Waals surface area contributed by atoms with Crippen molar-refractivity contribution < 1.29 is 17.0 Å². The van der Waals surface area contributed by atoms with Crippen molar-refractivity contribution in [3.05, 3.63) is 60.7 Å². The zero-order valence-corrected chi connectivity index (χ0v) is 11.8. The van der Waals surface area contributed by atoms with Gasteiger partial charge in [-0.15, -0.1) is 16.8 Å². The van der Waals surface area contributed by atoms with Gasteiger partial charge in [-0.3, -0.25) is 0 Å². The molecule has 0 unspecified atom stereocenters. The van der Waals surface area contributed by atoms with Crippen LogP contribution in [0.15, 0.2) is 54.6 Å². The first-order chi connectivity index (χ1) is 6.93. The molecule has 16 heavy (non-hydrogen) atoms. The number of hydrogen-bond donors (Lipinski definition) is 0. The van der Waals surface area contributed by atoms with Crippen LogP contribution in [0.3, 0.4) is 0 Å². The second-order valence-corrected chi connectivity index (χ2v) is 3.47. The van der Waals surface area contributed by atoms with Gasteiger partial charge in [0.2, 0.25) is 0 Å². The third-order valence-corrected chi connectivity index (χ3v) is 2.55. The third-order valence-electron chi connectivity index (χ3n) is 2.55. The summed E-state index contributed by atoms with van der Waals surface area (Å²) in [6.07, 6.45) is 0. The average molecular weight is 281 g/mol. The van der Waals surface area contributed by atoms with Crippen LogP contribution in [0.5, 0.6) is 0 Å². The summed E-state index contributed by atoms with van der Waals surface area (Å²) >= 11 is 0. The van der Waals surface area contributed by atoms with Crippen molar-refractivity contribution in [2.45, 2.75) is 0 Å². The molecule has 0 radical (unpaired) electrons. The first kappa shape index (κ1) is 13.5. The minimum absolute atomic E-state index is 0. The molecule has 0 saturated carbocycles. The van der Waals surface area contributed by atoms with Gasteiger partial charge in [0, 0.05) is 0 Å². The van der Waals surface area contributed by atoms with Crippen molar-refractivity contribution in [3.63, 3.8) is 0 Å². The van der Waals surface area contributed by atoms with E-state index in [9.17, 15) is 0 Å². The van der Waals surface area contributed by atoms with E-state index in [-0.39, 0.29) is 40.0 Å². The smallest absolute Gasteiger partial charge is 1.00 e. The first-order valence-corrected chi connectivity index (χ1v) is 4.72. The van der Waals surface area contributed by atoms with Gasteiger partial charge < -0.3 is 17.0 Å². The maximum atomic E-state index is 3.10. The number of halogens is 1. The summed E-state index contributed by atoms with van der Waals surface area (Å²) in [7, 11) is 0. The van der Waals surface area contributed by atoms with Crippen molar-refractivity contribution in [2.24, 2.45) is 0 Å². The quantitative estimate of drug-likeness (QED) is 0.318. The molecule has 0 spiro atoms. The molecular formula is C14H9BrMg. The van der Waals surface area contributed by atoms with E-state index in [0.717, 1.165) is 0 Å². The molecule has 0 bridgehead atoms. The summed E-state index contributed by atoms with van der Waals surface area (Å²) in [5.41, 5.74) is 0. The SMILES string of the molecule is [Br-].[Mg+2].[c-]1ccc2cc3ccccc3cc2c1. The van der Waals surface area contributed by atoms with Gasteiger partial charge in [-0.05, 0) is 10.8 Å². The second kappa shape index (κ2) is 5.66. The molecule has 0 saturated heterocycles. The summed E-state index contributed by atoms with van der Waals surface area (Å²) in [5, 5.41) is 5.12. The first-order valence-electron chi connectivity index (χ1n) is 4.72. The largest absolute Gasteiger partial charge is 2.00 e. The summed E-state index contributed by atoms with van der Waals surface area (Å²) in [4.78, 5) is 0. The molecule has 0 amide bonds. The molecule has 0 heterocycles. The minimum Gasteiger partial charge on any atom is -1.00 e. The molecule has 74 valence electrons. The Kier molecular flexibility index (Phi) is 4.78. The molecule has 0 fully saturated rings. The van der Waals surface area contributed by atoms with Gasteiger partial charge in [0.25, 0.3) is 0 Å². The van der Waals surface area contributed by atoms with E-state index in [0.29, 0.717) is 0 Å². The molecule has 0 aromatic heterocycles. The van der Waals surface area contributed by atoms with Crippen molar-refractivity contribution in [1.29, 1.82) is 0 Å². The fourth-order valence-corrected chi connectivity index (χ4v) is 1.82. The van der Waals surface area contributed by atoms with Crippen LogP contribution in [0, 0.1) is 6.07 Å². The Balaban J connectivity index is 0.000000640. The Morgan fingerprint density at radius 1 is 0.750 bits per heavy atom. The Morgan fingerprint density at radius 3 is 2.00 bits per heavy atom. The second-order valence-electron chi connectivity index (χ2n) is 3.47. The Bertz CT molecular complexity index is 499. The van der Waals surface area contributed by atoms with Crippen LogP contribution in [0.2, 0.25) is 0 Å². The van der Waals surface area contributed by atoms with E-state index in [2.05, 4.69) is 48.5 Å². The zero-order valence-electron chi connectivity index (χ0n) is 8.78. The zero-order chi connectivity index (χ0) is 9.38. The minimum atomic E-state index is 0. The monoisotopic (exact) mass is 280 g/mol. The van der Waals surface area contributed by atoms with E-state index >= 15 is 0 Å². The fourth-order valence-electron chi connectivity index (χ4n) is 1.82. The van der Waals surface area contributed by atoms with Crippen LogP contribution in [-0.2, 0) is 0 Å². The summed E-state index contributed by atoms with van der Waals surface area (Å²) in [6, 6.07) is 22.0. The number of rotatable bonds is 0. The number of hydrogen-bond acceptors (Lipinski definition) is 0. The van der Waals surface area contributed by atoms with Gasteiger partial charge in [0.05, 0.1) is 0 Å². The molecule has 3 rings (SSSR count). The van der Waals surface area contributed by atoms with E-state index in [4.69, 9.17) is 0 Å². The van der Waals surface area contributed by atoms with E-state index in [1.165, 1.54) is 21.5 Å². The summed E-state index contributed by atoms with van der Waals surface area (Å²) in [5.74, 6) is 0. The molecule has 2 heteroatoms. The maximum Gasteiger partial charge on any atom is 2.00 e. The maximum absolute atomic E-state index is 3.10. The molecule has 3 aromatic carbocycles. The predicted octanol–water partition coefficient (Wildman–Crippen LogP) is 0.416. The number of fused-ring (bicyclic) bond motifs is 2. The van der Waals surface area contributed by atoms with Crippen LogP contribution in [0.4, 0.5) is 0 Å². The van der Waals surface area contributed by atoms with E-state index in [1.54, 1.807) is 0 Å². The van der Waals surface area contributed by atoms with Gasteiger partial charge in [0.1, 0.15) is 0 Å². The normalized spacial score (nSPS) is 9.50.